The zero-order valence-corrected chi connectivity index (χ0v) is 24.2. The van der Waals surface area contributed by atoms with Gasteiger partial charge in [-0.1, -0.05) is 31.2 Å². The molecule has 2 atom stereocenters. The van der Waals surface area contributed by atoms with Crippen molar-refractivity contribution in [3.05, 3.63) is 52.3 Å². The third-order valence-corrected chi connectivity index (χ3v) is 7.39. The SMILES string of the molecule is CCS(=O)(=O)N(C)c1nc(-c2ccc(F)cc2)c(/C=C/[C@@H](O)C[C@H](CC(=O)OC(C)(C)C)N=O)c(C(C)C)n1. The second-order valence-electron chi connectivity index (χ2n) is 10.4. The molecule has 0 saturated carbocycles. The van der Waals surface area contributed by atoms with Gasteiger partial charge in [0.2, 0.25) is 16.0 Å². The summed E-state index contributed by atoms with van der Waals surface area (Å²) in [6, 6.07) is 4.55. The number of carbonyl (C=O) groups excluding carboxylic acids is 1. The molecule has 12 heteroatoms. The summed E-state index contributed by atoms with van der Waals surface area (Å²) < 4.78 is 45.0. The summed E-state index contributed by atoms with van der Waals surface area (Å²) in [5.41, 5.74) is 1.12. The molecule has 0 amide bonds. The van der Waals surface area contributed by atoms with Gasteiger partial charge >= 0.3 is 5.97 Å². The molecule has 0 bridgehead atoms. The number of aliphatic hydroxyl groups excluding tert-OH is 1. The van der Waals surface area contributed by atoms with Crippen LogP contribution < -0.4 is 4.31 Å². The monoisotopic (exact) mass is 564 g/mol. The van der Waals surface area contributed by atoms with E-state index in [4.69, 9.17) is 4.74 Å². The van der Waals surface area contributed by atoms with Crippen molar-refractivity contribution in [1.82, 2.24) is 9.97 Å². The maximum Gasteiger partial charge on any atom is 0.308 e. The fraction of sp³-hybridized carbons (Fsp3) is 0.519. The molecular weight excluding hydrogens is 527 g/mol. The van der Waals surface area contributed by atoms with E-state index < -0.39 is 39.6 Å². The third kappa shape index (κ3) is 9.17. The summed E-state index contributed by atoms with van der Waals surface area (Å²) >= 11 is 0. The predicted molar refractivity (Wildman–Crippen MR) is 149 cm³/mol. The summed E-state index contributed by atoms with van der Waals surface area (Å²) in [6.45, 7) is 10.4. The number of aliphatic hydroxyl groups is 1. The zero-order valence-electron chi connectivity index (χ0n) is 23.4. The van der Waals surface area contributed by atoms with Gasteiger partial charge in [0, 0.05) is 24.6 Å². The van der Waals surface area contributed by atoms with E-state index in [1.54, 1.807) is 26.8 Å². The number of nitroso groups, excluding NO2 is 1. The molecule has 2 rings (SSSR count). The van der Waals surface area contributed by atoms with Gasteiger partial charge in [-0.2, -0.15) is 4.91 Å². The number of benzene rings is 1. The zero-order chi connectivity index (χ0) is 29.5. The van der Waals surface area contributed by atoms with Crippen LogP contribution in [0.1, 0.15) is 71.6 Å². The first kappa shape index (κ1) is 32.0. The molecule has 0 fully saturated rings. The largest absolute Gasteiger partial charge is 0.460 e. The molecule has 1 heterocycles. The van der Waals surface area contributed by atoms with E-state index in [0.29, 0.717) is 22.5 Å². The van der Waals surface area contributed by atoms with Crippen LogP contribution in [-0.2, 0) is 19.6 Å². The van der Waals surface area contributed by atoms with Crippen LogP contribution in [0.5, 0.6) is 0 Å². The van der Waals surface area contributed by atoms with Crippen LogP contribution >= 0.6 is 0 Å². The minimum Gasteiger partial charge on any atom is -0.460 e. The second kappa shape index (κ2) is 13.2. The van der Waals surface area contributed by atoms with Crippen LogP contribution in [0, 0.1) is 10.7 Å². The van der Waals surface area contributed by atoms with Crippen LogP contribution in [-0.4, -0.2) is 60.0 Å². The fourth-order valence-corrected chi connectivity index (χ4v) is 4.39. The molecule has 1 aromatic heterocycles. The predicted octanol–water partition coefficient (Wildman–Crippen LogP) is 4.82. The van der Waals surface area contributed by atoms with E-state index in [9.17, 15) is 27.6 Å². The molecule has 0 aliphatic heterocycles. The van der Waals surface area contributed by atoms with Gasteiger partial charge in [0.25, 0.3) is 0 Å². The standard InChI is InChI=1S/C27H37FN4O6S/c1-8-39(36,37)32(7)26-29-24(17(2)3)22(25(30-26)18-9-11-19(28)12-10-18)14-13-21(33)15-20(31-35)16-23(34)38-27(4,5)6/h9-14,17,20-21,33H,8,15-16H2,1-7H3/b14-13+/t20-,21-/m1/s1. The number of hydrogen-bond donors (Lipinski definition) is 1. The molecule has 0 spiro atoms. The molecule has 214 valence electrons. The third-order valence-electron chi connectivity index (χ3n) is 5.66. The van der Waals surface area contributed by atoms with Crippen molar-refractivity contribution in [3.63, 3.8) is 0 Å². The lowest BCUT2D eigenvalue weighted by Crippen LogP contribution is -2.30. The lowest BCUT2D eigenvalue weighted by molar-refractivity contribution is -0.155. The van der Waals surface area contributed by atoms with Crippen molar-refractivity contribution in [2.75, 3.05) is 17.1 Å². The molecule has 39 heavy (non-hydrogen) atoms. The molecule has 0 unspecified atom stereocenters. The summed E-state index contributed by atoms with van der Waals surface area (Å²) in [7, 11) is -2.30. The van der Waals surface area contributed by atoms with Crippen molar-refractivity contribution in [2.45, 2.75) is 78.0 Å². The number of anilines is 1. The molecule has 0 radical (unpaired) electrons. The Hall–Kier alpha value is -3.25. The van der Waals surface area contributed by atoms with Crippen LogP contribution in [0.15, 0.2) is 35.5 Å². The van der Waals surface area contributed by atoms with Gasteiger partial charge in [-0.05, 0) is 57.9 Å². The highest BCUT2D eigenvalue weighted by molar-refractivity contribution is 7.92. The minimum absolute atomic E-state index is 0.0415. The van der Waals surface area contributed by atoms with Crippen molar-refractivity contribution in [2.24, 2.45) is 5.18 Å². The topological polar surface area (TPSA) is 139 Å². The van der Waals surface area contributed by atoms with E-state index in [-0.39, 0.29) is 30.5 Å². The molecule has 0 aliphatic carbocycles. The molecule has 0 aliphatic rings. The van der Waals surface area contributed by atoms with Gasteiger partial charge in [-0.3, -0.25) is 4.79 Å². The van der Waals surface area contributed by atoms with E-state index in [1.165, 1.54) is 44.3 Å². The Kier molecular flexibility index (Phi) is 10.8. The van der Waals surface area contributed by atoms with Crippen LogP contribution in [0.25, 0.3) is 17.3 Å². The van der Waals surface area contributed by atoms with Crippen LogP contribution in [0.3, 0.4) is 0 Å². The van der Waals surface area contributed by atoms with Gasteiger partial charge in [-0.15, -0.1) is 0 Å². The summed E-state index contributed by atoms with van der Waals surface area (Å²) in [5.74, 6) is -1.43. The number of esters is 1. The first-order valence-electron chi connectivity index (χ1n) is 12.6. The average Bonchev–Trinajstić information content (AvgIpc) is 2.85. The Morgan fingerprint density at radius 3 is 2.33 bits per heavy atom. The number of aromatic nitrogens is 2. The summed E-state index contributed by atoms with van der Waals surface area (Å²) in [5, 5.41) is 13.6. The number of rotatable bonds is 12. The van der Waals surface area contributed by atoms with E-state index >= 15 is 0 Å². The molecule has 1 N–H and O–H groups in total. The van der Waals surface area contributed by atoms with Crippen molar-refractivity contribution >= 4 is 28.0 Å². The van der Waals surface area contributed by atoms with Gasteiger partial charge in [0.1, 0.15) is 17.5 Å². The van der Waals surface area contributed by atoms with Crippen molar-refractivity contribution in [3.8, 4) is 11.3 Å². The average molecular weight is 565 g/mol. The number of hydrogen-bond acceptors (Lipinski definition) is 9. The van der Waals surface area contributed by atoms with E-state index in [0.717, 1.165) is 4.31 Å². The normalized spacial score (nSPS) is 13.9. The lowest BCUT2D eigenvalue weighted by Gasteiger charge is -2.21. The molecule has 10 nitrogen and oxygen atoms in total. The molecule has 0 saturated heterocycles. The van der Waals surface area contributed by atoms with Gasteiger partial charge in [0.15, 0.2) is 0 Å². The highest BCUT2D eigenvalue weighted by Gasteiger charge is 2.25. The Bertz CT molecular complexity index is 1290. The minimum atomic E-state index is -3.66. The Morgan fingerprint density at radius 2 is 1.82 bits per heavy atom. The fourth-order valence-electron chi connectivity index (χ4n) is 3.67. The number of ether oxygens (including phenoxy) is 1. The van der Waals surface area contributed by atoms with Crippen LogP contribution in [0.4, 0.5) is 10.3 Å². The number of nitrogens with zero attached hydrogens (tertiary/aromatic N) is 4. The van der Waals surface area contributed by atoms with Gasteiger partial charge < -0.3 is 9.84 Å². The second-order valence-corrected chi connectivity index (χ2v) is 12.7. The lowest BCUT2D eigenvalue weighted by atomic mass is 9.97. The Balaban J connectivity index is 2.51. The highest BCUT2D eigenvalue weighted by atomic mass is 32.2. The van der Waals surface area contributed by atoms with E-state index in [1.807, 2.05) is 13.8 Å². The Morgan fingerprint density at radius 1 is 1.21 bits per heavy atom. The van der Waals surface area contributed by atoms with Crippen LogP contribution in [0.2, 0.25) is 0 Å². The number of sulfonamides is 1. The van der Waals surface area contributed by atoms with E-state index in [2.05, 4.69) is 15.1 Å². The first-order valence-corrected chi connectivity index (χ1v) is 14.2. The van der Waals surface area contributed by atoms with Crippen molar-refractivity contribution < 1.29 is 27.4 Å². The number of halogens is 1. The van der Waals surface area contributed by atoms with Gasteiger partial charge in [-0.25, -0.2) is 27.1 Å². The maximum absolute atomic E-state index is 13.7. The molecular formula is C27H37FN4O6S. The maximum atomic E-state index is 13.7. The van der Waals surface area contributed by atoms with Crippen molar-refractivity contribution in [1.29, 1.82) is 0 Å². The smallest absolute Gasteiger partial charge is 0.308 e. The highest BCUT2D eigenvalue weighted by Crippen LogP contribution is 2.32. The quantitative estimate of drug-likeness (QED) is 0.286. The summed E-state index contributed by atoms with van der Waals surface area (Å²) in [4.78, 5) is 32.5. The first-order chi connectivity index (χ1) is 18.1. The number of carbonyl (C=O) groups is 1. The summed E-state index contributed by atoms with van der Waals surface area (Å²) in [6.07, 6.45) is 1.45. The molecule has 2 aromatic rings. The van der Waals surface area contributed by atoms with Gasteiger partial charge in [0.05, 0.1) is 29.7 Å². The Labute approximate surface area is 229 Å². The molecule has 1 aromatic carbocycles.